The predicted molar refractivity (Wildman–Crippen MR) is 96.1 cm³/mol. The van der Waals surface area contributed by atoms with E-state index in [4.69, 9.17) is 9.47 Å². The molecule has 27 heavy (non-hydrogen) atoms. The molecule has 0 spiro atoms. The van der Waals surface area contributed by atoms with Gasteiger partial charge >= 0.3 is 12.0 Å². The van der Waals surface area contributed by atoms with E-state index in [0.717, 1.165) is 11.3 Å². The standard InChI is InChI=1S/C18H22N4O5/c1-21-16(17(23)24)12-10-22(7-6-13(12)20-21)18(25)19-9-11-4-5-14(26-2)15(8-11)27-3/h4-5,8H,6-7,9-10H2,1-3H3,(H,19,25)(H,23,24). The van der Waals surface area contributed by atoms with Crippen LogP contribution in [-0.4, -0.2) is 52.6 Å². The Bertz CT molecular complexity index is 877. The van der Waals surface area contributed by atoms with Crippen molar-refractivity contribution in [3.63, 3.8) is 0 Å². The second-order valence-electron chi connectivity index (χ2n) is 6.22. The van der Waals surface area contributed by atoms with Gasteiger partial charge in [0.25, 0.3) is 0 Å². The molecule has 2 amide bonds. The number of nitrogens with one attached hydrogen (secondary N) is 1. The molecule has 1 aliphatic heterocycles. The monoisotopic (exact) mass is 374 g/mol. The average Bonchev–Trinajstić information content (AvgIpc) is 3.00. The summed E-state index contributed by atoms with van der Waals surface area (Å²) in [4.78, 5) is 25.6. The van der Waals surface area contributed by atoms with E-state index in [0.29, 0.717) is 36.6 Å². The van der Waals surface area contributed by atoms with Gasteiger partial charge in [-0.05, 0) is 17.7 Å². The van der Waals surface area contributed by atoms with Gasteiger partial charge in [-0.25, -0.2) is 9.59 Å². The van der Waals surface area contributed by atoms with E-state index in [1.54, 1.807) is 38.3 Å². The Morgan fingerprint density at radius 1 is 1.26 bits per heavy atom. The Morgan fingerprint density at radius 3 is 2.67 bits per heavy atom. The first-order valence-corrected chi connectivity index (χ1v) is 8.46. The zero-order valence-electron chi connectivity index (χ0n) is 15.5. The lowest BCUT2D eigenvalue weighted by Crippen LogP contribution is -2.42. The Labute approximate surface area is 156 Å². The van der Waals surface area contributed by atoms with Crippen LogP contribution in [0.5, 0.6) is 11.5 Å². The van der Waals surface area contributed by atoms with E-state index in [9.17, 15) is 14.7 Å². The number of carboxylic acids is 1. The smallest absolute Gasteiger partial charge is 0.354 e. The number of carboxylic acid groups (broad SMARTS) is 1. The fourth-order valence-electron chi connectivity index (χ4n) is 3.22. The quantitative estimate of drug-likeness (QED) is 0.820. The molecule has 0 radical (unpaired) electrons. The van der Waals surface area contributed by atoms with Crippen molar-refractivity contribution in [2.24, 2.45) is 7.05 Å². The summed E-state index contributed by atoms with van der Waals surface area (Å²) in [6.07, 6.45) is 0.528. The van der Waals surface area contributed by atoms with Crippen molar-refractivity contribution in [1.29, 1.82) is 0 Å². The van der Waals surface area contributed by atoms with Crippen LogP contribution in [0.4, 0.5) is 4.79 Å². The predicted octanol–water partition coefficient (Wildman–Crippen LogP) is 1.40. The van der Waals surface area contributed by atoms with Crippen molar-refractivity contribution in [3.05, 3.63) is 40.7 Å². The number of aromatic nitrogens is 2. The second-order valence-corrected chi connectivity index (χ2v) is 6.22. The van der Waals surface area contributed by atoms with Crippen molar-refractivity contribution in [2.45, 2.75) is 19.5 Å². The van der Waals surface area contributed by atoms with Crippen LogP contribution in [0, 0.1) is 0 Å². The minimum absolute atomic E-state index is 0.127. The maximum atomic E-state index is 12.5. The van der Waals surface area contributed by atoms with Crippen LogP contribution >= 0.6 is 0 Å². The highest BCUT2D eigenvalue weighted by Gasteiger charge is 2.29. The lowest BCUT2D eigenvalue weighted by molar-refractivity contribution is 0.0682. The molecule has 9 nitrogen and oxygen atoms in total. The molecule has 1 aromatic carbocycles. The summed E-state index contributed by atoms with van der Waals surface area (Å²) in [5, 5.41) is 16.5. The number of carbonyl (C=O) groups excluding carboxylic acids is 1. The number of amides is 2. The van der Waals surface area contributed by atoms with Gasteiger partial charge < -0.3 is 24.8 Å². The van der Waals surface area contributed by atoms with E-state index in [1.165, 1.54) is 4.68 Å². The van der Waals surface area contributed by atoms with Crippen LogP contribution in [-0.2, 0) is 26.6 Å². The summed E-state index contributed by atoms with van der Waals surface area (Å²) in [7, 11) is 4.72. The number of benzene rings is 1. The summed E-state index contributed by atoms with van der Waals surface area (Å²) >= 11 is 0. The van der Waals surface area contributed by atoms with Gasteiger partial charge in [-0.1, -0.05) is 6.07 Å². The lowest BCUT2D eigenvalue weighted by atomic mass is 10.1. The van der Waals surface area contributed by atoms with Crippen LogP contribution in [0.2, 0.25) is 0 Å². The van der Waals surface area contributed by atoms with Gasteiger partial charge in [-0.15, -0.1) is 0 Å². The molecule has 1 aromatic heterocycles. The topological polar surface area (TPSA) is 106 Å². The van der Waals surface area contributed by atoms with Crippen LogP contribution in [0.3, 0.4) is 0 Å². The van der Waals surface area contributed by atoms with E-state index >= 15 is 0 Å². The molecule has 0 aliphatic carbocycles. The minimum Gasteiger partial charge on any atom is -0.493 e. The summed E-state index contributed by atoms with van der Waals surface area (Å²) in [6.45, 7) is 1.03. The molecule has 2 N–H and O–H groups in total. The van der Waals surface area contributed by atoms with Crippen molar-refractivity contribution in [1.82, 2.24) is 20.0 Å². The third-order valence-electron chi connectivity index (χ3n) is 4.58. The molecule has 9 heteroatoms. The van der Waals surface area contributed by atoms with E-state index in [1.807, 2.05) is 6.07 Å². The number of aromatic carboxylic acids is 1. The molecular formula is C18H22N4O5. The van der Waals surface area contributed by atoms with Crippen molar-refractivity contribution < 1.29 is 24.2 Å². The van der Waals surface area contributed by atoms with E-state index in [-0.39, 0.29) is 18.3 Å². The number of methoxy groups -OCH3 is 2. The summed E-state index contributed by atoms with van der Waals surface area (Å²) < 4.78 is 11.8. The molecule has 0 bridgehead atoms. The van der Waals surface area contributed by atoms with Gasteiger partial charge in [-0.2, -0.15) is 5.10 Å². The Balaban J connectivity index is 1.67. The molecule has 1 aliphatic rings. The summed E-state index contributed by atoms with van der Waals surface area (Å²) in [5.41, 5.74) is 2.32. The molecular weight excluding hydrogens is 352 g/mol. The molecule has 2 heterocycles. The van der Waals surface area contributed by atoms with Gasteiger partial charge in [0.1, 0.15) is 0 Å². The van der Waals surface area contributed by atoms with Gasteiger partial charge in [0.15, 0.2) is 17.2 Å². The van der Waals surface area contributed by atoms with Crippen LogP contribution in [0.15, 0.2) is 18.2 Å². The largest absolute Gasteiger partial charge is 0.493 e. The number of carbonyl (C=O) groups is 2. The van der Waals surface area contributed by atoms with Gasteiger partial charge in [-0.3, -0.25) is 4.68 Å². The number of hydrogen-bond acceptors (Lipinski definition) is 5. The highest BCUT2D eigenvalue weighted by Crippen LogP contribution is 2.27. The first-order valence-electron chi connectivity index (χ1n) is 8.46. The highest BCUT2D eigenvalue weighted by molar-refractivity contribution is 5.88. The lowest BCUT2D eigenvalue weighted by Gasteiger charge is -2.27. The molecule has 0 saturated carbocycles. The number of urea groups is 1. The molecule has 0 fully saturated rings. The number of rotatable bonds is 5. The molecule has 0 saturated heterocycles. The molecule has 0 atom stereocenters. The van der Waals surface area contributed by atoms with Crippen LogP contribution < -0.4 is 14.8 Å². The van der Waals surface area contributed by atoms with Crippen molar-refractivity contribution >= 4 is 12.0 Å². The molecule has 3 rings (SSSR count). The third-order valence-corrected chi connectivity index (χ3v) is 4.58. The zero-order valence-corrected chi connectivity index (χ0v) is 15.5. The first-order chi connectivity index (χ1) is 12.9. The van der Waals surface area contributed by atoms with Crippen molar-refractivity contribution in [3.8, 4) is 11.5 Å². The van der Waals surface area contributed by atoms with Gasteiger partial charge in [0, 0.05) is 32.1 Å². The number of hydrogen-bond donors (Lipinski definition) is 2. The van der Waals surface area contributed by atoms with Crippen LogP contribution in [0.25, 0.3) is 0 Å². The van der Waals surface area contributed by atoms with E-state index in [2.05, 4.69) is 10.4 Å². The zero-order chi connectivity index (χ0) is 19.6. The number of fused-ring (bicyclic) bond motifs is 1. The number of ether oxygens (including phenoxy) is 2. The SMILES string of the molecule is COc1ccc(CNC(=O)N2CCc3nn(C)c(C(=O)O)c3C2)cc1OC. The second kappa shape index (κ2) is 7.56. The van der Waals surface area contributed by atoms with Gasteiger partial charge in [0.05, 0.1) is 26.5 Å². The number of nitrogens with zero attached hydrogens (tertiary/aromatic N) is 3. The summed E-state index contributed by atoms with van der Waals surface area (Å²) in [6, 6.07) is 5.18. The molecule has 2 aromatic rings. The maximum Gasteiger partial charge on any atom is 0.354 e. The molecule has 144 valence electrons. The Morgan fingerprint density at radius 2 is 2.00 bits per heavy atom. The number of aryl methyl sites for hydroxylation is 1. The van der Waals surface area contributed by atoms with Crippen molar-refractivity contribution in [2.75, 3.05) is 20.8 Å². The van der Waals surface area contributed by atoms with Crippen LogP contribution in [0.1, 0.15) is 27.3 Å². The Hall–Kier alpha value is -3.23. The highest BCUT2D eigenvalue weighted by atomic mass is 16.5. The molecule has 0 unspecified atom stereocenters. The maximum absolute atomic E-state index is 12.5. The van der Waals surface area contributed by atoms with E-state index < -0.39 is 5.97 Å². The fourth-order valence-corrected chi connectivity index (χ4v) is 3.22. The summed E-state index contributed by atoms with van der Waals surface area (Å²) in [5.74, 6) is 0.168. The Kier molecular flexibility index (Phi) is 5.20. The normalized spacial score (nSPS) is 13.1. The van der Waals surface area contributed by atoms with Gasteiger partial charge in [0.2, 0.25) is 0 Å². The third kappa shape index (κ3) is 3.67. The minimum atomic E-state index is -1.04. The fraction of sp³-hybridized carbons (Fsp3) is 0.389. The average molecular weight is 374 g/mol. The first kappa shape index (κ1) is 18.6.